The third-order valence-corrected chi connectivity index (χ3v) is 4.09. The van der Waals surface area contributed by atoms with E-state index in [9.17, 15) is 5.11 Å². The van der Waals surface area contributed by atoms with Crippen molar-refractivity contribution in [3.63, 3.8) is 0 Å². The maximum Gasteiger partial charge on any atom is 0.0897 e. The van der Waals surface area contributed by atoms with Crippen LogP contribution in [-0.4, -0.2) is 16.2 Å². The molecule has 0 aromatic carbocycles. The van der Waals surface area contributed by atoms with E-state index in [0.29, 0.717) is 0 Å². The maximum atomic E-state index is 9.43. The molecule has 2 rings (SSSR count). The third kappa shape index (κ3) is 1.82. The Kier molecular flexibility index (Phi) is 2.60. The minimum atomic E-state index is -0.231. The Morgan fingerprint density at radius 3 is 2.71 bits per heavy atom. The van der Waals surface area contributed by atoms with E-state index in [2.05, 4.69) is 4.98 Å². The fourth-order valence-corrected chi connectivity index (χ4v) is 2.89. The normalized spacial score (nSPS) is 33.2. The van der Waals surface area contributed by atoms with Crippen LogP contribution in [0.4, 0.5) is 0 Å². The molecule has 1 fully saturated rings. The van der Waals surface area contributed by atoms with E-state index in [0.717, 1.165) is 30.7 Å². The fraction of sp³-hybridized carbons (Fsp3) is 0.700. The Morgan fingerprint density at radius 1 is 1.57 bits per heavy atom. The van der Waals surface area contributed by atoms with Crippen molar-refractivity contribution in [2.45, 2.75) is 44.2 Å². The van der Waals surface area contributed by atoms with E-state index in [-0.39, 0.29) is 11.6 Å². The largest absolute Gasteiger partial charge is 0.393 e. The number of aromatic nitrogens is 1. The van der Waals surface area contributed by atoms with Gasteiger partial charge in [-0.15, -0.1) is 11.3 Å². The van der Waals surface area contributed by atoms with Crippen LogP contribution in [0.1, 0.15) is 35.6 Å². The lowest BCUT2D eigenvalue weighted by Gasteiger charge is -2.34. The topological polar surface area (TPSA) is 59.1 Å². The van der Waals surface area contributed by atoms with Crippen molar-refractivity contribution in [2.75, 3.05) is 0 Å². The zero-order valence-electron chi connectivity index (χ0n) is 8.36. The zero-order chi connectivity index (χ0) is 10.2. The molecule has 1 aromatic heterocycles. The van der Waals surface area contributed by atoms with Crippen molar-refractivity contribution in [3.8, 4) is 0 Å². The minimum Gasteiger partial charge on any atom is -0.393 e. The molecule has 14 heavy (non-hydrogen) atoms. The lowest BCUT2D eigenvalue weighted by molar-refractivity contribution is 0.0979. The number of hydrogen-bond donors (Lipinski definition) is 2. The second-order valence-corrected chi connectivity index (χ2v) is 5.37. The zero-order valence-corrected chi connectivity index (χ0v) is 9.18. The number of aliphatic hydroxyl groups is 1. The molecular weight excluding hydrogens is 196 g/mol. The van der Waals surface area contributed by atoms with Crippen LogP contribution in [-0.2, 0) is 5.54 Å². The van der Waals surface area contributed by atoms with Crippen LogP contribution in [0.3, 0.4) is 0 Å². The summed E-state index contributed by atoms with van der Waals surface area (Å²) in [5, 5.41) is 10.5. The summed E-state index contributed by atoms with van der Waals surface area (Å²) in [6, 6.07) is 0. The molecular formula is C10H16N2OS. The maximum absolute atomic E-state index is 9.43. The number of aliphatic hydroxyl groups excluding tert-OH is 1. The molecule has 78 valence electrons. The molecule has 1 saturated carbocycles. The Morgan fingerprint density at radius 2 is 2.21 bits per heavy atom. The molecule has 0 spiro atoms. The summed E-state index contributed by atoms with van der Waals surface area (Å²) in [4.78, 5) is 5.40. The van der Waals surface area contributed by atoms with Crippen LogP contribution in [0.15, 0.2) is 6.20 Å². The van der Waals surface area contributed by atoms with Gasteiger partial charge in [-0.05, 0) is 32.6 Å². The van der Waals surface area contributed by atoms with Crippen LogP contribution in [0.5, 0.6) is 0 Å². The highest BCUT2D eigenvalue weighted by atomic mass is 32.1. The summed E-state index contributed by atoms with van der Waals surface area (Å²) in [5.74, 6) is 0. The van der Waals surface area contributed by atoms with E-state index in [4.69, 9.17) is 5.73 Å². The van der Waals surface area contributed by atoms with E-state index >= 15 is 0 Å². The van der Waals surface area contributed by atoms with Gasteiger partial charge in [0.15, 0.2) is 0 Å². The molecule has 0 saturated heterocycles. The van der Waals surface area contributed by atoms with Crippen molar-refractivity contribution < 1.29 is 5.11 Å². The quantitative estimate of drug-likeness (QED) is 0.742. The molecule has 4 heteroatoms. The summed E-state index contributed by atoms with van der Waals surface area (Å²) >= 11 is 1.68. The van der Waals surface area contributed by atoms with Crippen LogP contribution < -0.4 is 5.73 Å². The second-order valence-electron chi connectivity index (χ2n) is 4.13. The first-order valence-electron chi connectivity index (χ1n) is 5.00. The summed E-state index contributed by atoms with van der Waals surface area (Å²) < 4.78 is 0. The SMILES string of the molecule is Cc1ncc(C2(N)CCC(O)CC2)s1. The molecule has 1 aromatic rings. The van der Waals surface area contributed by atoms with Gasteiger partial charge in [0.1, 0.15) is 0 Å². The molecule has 0 atom stereocenters. The summed E-state index contributed by atoms with van der Waals surface area (Å²) in [6.07, 6.45) is 5.10. The Balaban J connectivity index is 2.16. The van der Waals surface area contributed by atoms with Crippen LogP contribution in [0, 0.1) is 6.92 Å². The molecule has 0 bridgehead atoms. The minimum absolute atomic E-state index is 0.152. The van der Waals surface area contributed by atoms with E-state index in [1.807, 2.05) is 13.1 Å². The summed E-state index contributed by atoms with van der Waals surface area (Å²) in [7, 11) is 0. The standard InChI is InChI=1S/C10H16N2OS/c1-7-12-6-9(14-7)10(11)4-2-8(13)3-5-10/h6,8,13H,2-5,11H2,1H3. The Labute approximate surface area is 88.0 Å². The van der Waals surface area contributed by atoms with Gasteiger partial charge in [-0.3, -0.25) is 0 Å². The first-order valence-corrected chi connectivity index (χ1v) is 5.82. The number of nitrogens with two attached hydrogens (primary N) is 1. The van der Waals surface area contributed by atoms with Gasteiger partial charge in [0.2, 0.25) is 0 Å². The van der Waals surface area contributed by atoms with Crippen molar-refractivity contribution >= 4 is 11.3 Å². The number of rotatable bonds is 1. The van der Waals surface area contributed by atoms with Crippen molar-refractivity contribution in [3.05, 3.63) is 16.1 Å². The Bertz CT molecular complexity index is 316. The molecule has 1 aliphatic rings. The average Bonchev–Trinajstić information content (AvgIpc) is 2.58. The molecule has 0 unspecified atom stereocenters. The molecule has 3 nitrogen and oxygen atoms in total. The van der Waals surface area contributed by atoms with Gasteiger partial charge in [0.05, 0.1) is 16.7 Å². The summed E-state index contributed by atoms with van der Waals surface area (Å²) in [5.41, 5.74) is 6.08. The molecule has 1 aliphatic carbocycles. The molecule has 0 aliphatic heterocycles. The monoisotopic (exact) mass is 212 g/mol. The Hall–Kier alpha value is -0.450. The van der Waals surface area contributed by atoms with Crippen LogP contribution in [0.2, 0.25) is 0 Å². The van der Waals surface area contributed by atoms with E-state index < -0.39 is 0 Å². The van der Waals surface area contributed by atoms with Gasteiger partial charge in [0, 0.05) is 11.1 Å². The average molecular weight is 212 g/mol. The smallest absolute Gasteiger partial charge is 0.0897 e. The van der Waals surface area contributed by atoms with Gasteiger partial charge in [-0.25, -0.2) is 4.98 Å². The number of aryl methyl sites for hydroxylation is 1. The fourth-order valence-electron chi connectivity index (χ4n) is 1.96. The highest BCUT2D eigenvalue weighted by Gasteiger charge is 2.33. The van der Waals surface area contributed by atoms with Gasteiger partial charge >= 0.3 is 0 Å². The lowest BCUT2D eigenvalue weighted by Crippen LogP contribution is -2.40. The molecule has 1 heterocycles. The molecule has 0 amide bonds. The van der Waals surface area contributed by atoms with Gasteiger partial charge in [-0.1, -0.05) is 0 Å². The molecule has 0 radical (unpaired) electrons. The predicted molar refractivity (Wildman–Crippen MR) is 57.2 cm³/mol. The number of nitrogens with zero attached hydrogens (tertiary/aromatic N) is 1. The lowest BCUT2D eigenvalue weighted by atomic mass is 9.80. The molecule has 3 N–H and O–H groups in total. The highest BCUT2D eigenvalue weighted by molar-refractivity contribution is 7.11. The first-order chi connectivity index (χ1) is 6.60. The summed E-state index contributed by atoms with van der Waals surface area (Å²) in [6.45, 7) is 2.00. The van der Waals surface area contributed by atoms with Crippen molar-refractivity contribution in [1.82, 2.24) is 4.98 Å². The number of hydrogen-bond acceptors (Lipinski definition) is 4. The first kappa shape index (κ1) is 10.1. The van der Waals surface area contributed by atoms with Gasteiger partial charge < -0.3 is 10.8 Å². The van der Waals surface area contributed by atoms with Gasteiger partial charge in [-0.2, -0.15) is 0 Å². The third-order valence-electron chi connectivity index (χ3n) is 2.96. The van der Waals surface area contributed by atoms with Gasteiger partial charge in [0.25, 0.3) is 0 Å². The van der Waals surface area contributed by atoms with Crippen molar-refractivity contribution in [1.29, 1.82) is 0 Å². The predicted octanol–water partition coefficient (Wildman–Crippen LogP) is 1.54. The van der Waals surface area contributed by atoms with E-state index in [1.54, 1.807) is 11.3 Å². The van der Waals surface area contributed by atoms with Crippen LogP contribution in [0.25, 0.3) is 0 Å². The van der Waals surface area contributed by atoms with Crippen molar-refractivity contribution in [2.24, 2.45) is 5.73 Å². The number of thiazole rings is 1. The van der Waals surface area contributed by atoms with E-state index in [1.165, 1.54) is 4.88 Å². The second kappa shape index (κ2) is 3.61. The van der Waals surface area contributed by atoms with Crippen LogP contribution >= 0.6 is 11.3 Å². The highest BCUT2D eigenvalue weighted by Crippen LogP contribution is 2.37.